The van der Waals surface area contributed by atoms with Crippen molar-refractivity contribution >= 4 is 39.1 Å². The summed E-state index contributed by atoms with van der Waals surface area (Å²) in [5.41, 5.74) is 2.84. The molecule has 0 aliphatic rings. The first-order valence-electron chi connectivity index (χ1n) is 11.8. The van der Waals surface area contributed by atoms with E-state index in [0.29, 0.717) is 29.2 Å². The molecule has 0 aliphatic carbocycles. The van der Waals surface area contributed by atoms with Gasteiger partial charge in [0.25, 0.3) is 0 Å². The Balaban J connectivity index is 2.45. The SMILES string of the molecule is CCCCNC(=O)C(CC)N(Cc1ccccc1Cl)C(=O)CN(c1ccc(C)cc1C)S(C)(=O)=O. The van der Waals surface area contributed by atoms with Crippen LogP contribution in [-0.2, 0) is 26.2 Å². The van der Waals surface area contributed by atoms with E-state index in [2.05, 4.69) is 5.32 Å². The number of halogens is 1. The van der Waals surface area contributed by atoms with E-state index in [1.807, 2.05) is 45.9 Å². The third-order valence-electron chi connectivity index (χ3n) is 5.81. The largest absolute Gasteiger partial charge is 0.354 e. The van der Waals surface area contributed by atoms with Crippen molar-refractivity contribution in [1.82, 2.24) is 10.2 Å². The fourth-order valence-corrected chi connectivity index (χ4v) is 5.02. The smallest absolute Gasteiger partial charge is 0.244 e. The fraction of sp³-hybridized carbons (Fsp3) is 0.462. The lowest BCUT2D eigenvalue weighted by molar-refractivity contribution is -0.140. The van der Waals surface area contributed by atoms with Gasteiger partial charge in [-0.1, -0.05) is 67.8 Å². The van der Waals surface area contributed by atoms with Crippen LogP contribution in [0.3, 0.4) is 0 Å². The van der Waals surface area contributed by atoms with Gasteiger partial charge in [-0.2, -0.15) is 0 Å². The minimum absolute atomic E-state index is 0.0860. The van der Waals surface area contributed by atoms with Crippen molar-refractivity contribution < 1.29 is 18.0 Å². The van der Waals surface area contributed by atoms with Crippen molar-refractivity contribution in [2.24, 2.45) is 0 Å². The van der Waals surface area contributed by atoms with Crippen LogP contribution in [0, 0.1) is 13.8 Å². The molecule has 0 saturated carbocycles. The predicted molar refractivity (Wildman–Crippen MR) is 142 cm³/mol. The first-order chi connectivity index (χ1) is 16.5. The molecule has 7 nitrogen and oxygen atoms in total. The summed E-state index contributed by atoms with van der Waals surface area (Å²) in [4.78, 5) is 28.2. The third kappa shape index (κ3) is 7.97. The number of hydrogen-bond acceptors (Lipinski definition) is 4. The van der Waals surface area contributed by atoms with Gasteiger partial charge < -0.3 is 10.2 Å². The molecule has 2 amide bonds. The van der Waals surface area contributed by atoms with Gasteiger partial charge in [-0.15, -0.1) is 0 Å². The van der Waals surface area contributed by atoms with Crippen molar-refractivity contribution in [3.63, 3.8) is 0 Å². The second-order valence-corrected chi connectivity index (χ2v) is 11.1. The van der Waals surface area contributed by atoms with Gasteiger partial charge in [0.05, 0.1) is 11.9 Å². The molecule has 0 fully saturated rings. The standard InChI is InChI=1S/C26H36ClN3O4S/c1-6-8-15-28-26(32)23(7-2)29(17-21-11-9-10-12-22(21)27)25(31)18-30(35(5,33)34)24-14-13-19(3)16-20(24)4/h9-14,16,23H,6-8,15,17-18H2,1-5H3,(H,28,32). The number of nitrogens with one attached hydrogen (secondary N) is 1. The molecule has 0 bridgehead atoms. The quantitative estimate of drug-likeness (QED) is 0.418. The van der Waals surface area contributed by atoms with Gasteiger partial charge in [-0.05, 0) is 49.9 Å². The van der Waals surface area contributed by atoms with Crippen molar-refractivity contribution in [3.05, 3.63) is 64.2 Å². The van der Waals surface area contributed by atoms with Crippen LogP contribution in [0.1, 0.15) is 49.8 Å². The summed E-state index contributed by atoms with van der Waals surface area (Å²) in [6.45, 7) is 7.76. The molecule has 0 aromatic heterocycles. The summed E-state index contributed by atoms with van der Waals surface area (Å²) in [7, 11) is -3.77. The number of hydrogen-bond donors (Lipinski definition) is 1. The van der Waals surface area contributed by atoms with Crippen LogP contribution in [0.5, 0.6) is 0 Å². The average Bonchev–Trinajstić information content (AvgIpc) is 2.78. The first-order valence-corrected chi connectivity index (χ1v) is 14.1. The van der Waals surface area contributed by atoms with E-state index in [1.54, 1.807) is 24.3 Å². The molecule has 0 radical (unpaired) electrons. The Hall–Kier alpha value is -2.58. The zero-order valence-corrected chi connectivity index (χ0v) is 22.7. The zero-order chi connectivity index (χ0) is 26.2. The van der Waals surface area contributed by atoms with Gasteiger partial charge in [0.1, 0.15) is 12.6 Å². The summed E-state index contributed by atoms with van der Waals surface area (Å²) in [5, 5.41) is 3.38. The highest BCUT2D eigenvalue weighted by Gasteiger charge is 2.32. The molecule has 0 spiro atoms. The van der Waals surface area contributed by atoms with Crippen LogP contribution >= 0.6 is 11.6 Å². The zero-order valence-electron chi connectivity index (χ0n) is 21.2. The molecule has 1 atom stereocenters. The number of benzene rings is 2. The Labute approximate surface area is 214 Å². The Kier molecular flexibility index (Phi) is 10.6. The second kappa shape index (κ2) is 12.9. The maximum Gasteiger partial charge on any atom is 0.244 e. The molecule has 9 heteroatoms. The topological polar surface area (TPSA) is 86.8 Å². The van der Waals surface area contributed by atoms with E-state index < -0.39 is 28.5 Å². The van der Waals surface area contributed by atoms with E-state index in [9.17, 15) is 18.0 Å². The number of sulfonamides is 1. The molecule has 0 heterocycles. The van der Waals surface area contributed by atoms with E-state index in [-0.39, 0.29) is 12.5 Å². The summed E-state index contributed by atoms with van der Waals surface area (Å²) in [5.74, 6) is -0.744. The maximum atomic E-state index is 13.7. The van der Waals surface area contributed by atoms with Gasteiger partial charge in [0, 0.05) is 18.1 Å². The Morgan fingerprint density at radius 3 is 2.34 bits per heavy atom. The highest BCUT2D eigenvalue weighted by Crippen LogP contribution is 2.25. The molecule has 1 unspecified atom stereocenters. The molecule has 0 saturated heterocycles. The molecule has 2 aromatic rings. The van der Waals surface area contributed by atoms with Crippen molar-refractivity contribution in [2.45, 2.75) is 59.5 Å². The number of carbonyl (C=O) groups is 2. The van der Waals surface area contributed by atoms with Crippen LogP contribution in [-0.4, -0.2) is 50.5 Å². The molecule has 2 aromatic carbocycles. The minimum Gasteiger partial charge on any atom is -0.354 e. The number of carbonyl (C=O) groups excluding carboxylic acids is 2. The van der Waals surface area contributed by atoms with E-state index >= 15 is 0 Å². The van der Waals surface area contributed by atoms with Gasteiger partial charge in [-0.3, -0.25) is 13.9 Å². The lowest BCUT2D eigenvalue weighted by Crippen LogP contribution is -2.52. The normalized spacial score (nSPS) is 12.2. The van der Waals surface area contributed by atoms with Crippen LogP contribution in [0.15, 0.2) is 42.5 Å². The first kappa shape index (κ1) is 28.7. The Bertz CT molecular complexity index is 1140. The monoisotopic (exact) mass is 521 g/mol. The Morgan fingerprint density at radius 2 is 1.77 bits per heavy atom. The second-order valence-electron chi connectivity index (χ2n) is 8.74. The molecular weight excluding hydrogens is 486 g/mol. The average molecular weight is 522 g/mol. The van der Waals surface area contributed by atoms with Crippen molar-refractivity contribution in [1.29, 1.82) is 0 Å². The number of nitrogens with zero attached hydrogens (tertiary/aromatic N) is 2. The van der Waals surface area contributed by atoms with Crippen molar-refractivity contribution in [2.75, 3.05) is 23.7 Å². The molecule has 2 rings (SSSR count). The van der Waals surface area contributed by atoms with Crippen LogP contribution in [0.4, 0.5) is 5.69 Å². The highest BCUT2D eigenvalue weighted by atomic mass is 35.5. The number of amides is 2. The molecule has 192 valence electrons. The van der Waals surface area contributed by atoms with Crippen LogP contribution in [0.2, 0.25) is 5.02 Å². The predicted octanol–water partition coefficient (Wildman–Crippen LogP) is 4.45. The van der Waals surface area contributed by atoms with Gasteiger partial charge >= 0.3 is 0 Å². The van der Waals surface area contributed by atoms with Crippen LogP contribution < -0.4 is 9.62 Å². The summed E-state index contributed by atoms with van der Waals surface area (Å²) < 4.78 is 26.6. The lowest BCUT2D eigenvalue weighted by Gasteiger charge is -2.33. The minimum atomic E-state index is -3.77. The van der Waals surface area contributed by atoms with Gasteiger partial charge in [-0.25, -0.2) is 8.42 Å². The van der Waals surface area contributed by atoms with E-state index in [1.165, 1.54) is 4.90 Å². The molecular formula is C26H36ClN3O4S. The van der Waals surface area contributed by atoms with Crippen LogP contribution in [0.25, 0.3) is 0 Å². The Morgan fingerprint density at radius 1 is 1.09 bits per heavy atom. The highest BCUT2D eigenvalue weighted by molar-refractivity contribution is 7.92. The van der Waals surface area contributed by atoms with Gasteiger partial charge in [0.15, 0.2) is 0 Å². The number of unbranched alkanes of at least 4 members (excludes halogenated alkanes) is 1. The fourth-order valence-electron chi connectivity index (χ4n) is 3.92. The van der Waals surface area contributed by atoms with E-state index in [4.69, 9.17) is 11.6 Å². The van der Waals surface area contributed by atoms with Crippen molar-refractivity contribution in [3.8, 4) is 0 Å². The summed E-state index contributed by atoms with van der Waals surface area (Å²) >= 11 is 6.37. The van der Waals surface area contributed by atoms with E-state index in [0.717, 1.165) is 34.5 Å². The number of rotatable bonds is 12. The summed E-state index contributed by atoms with van der Waals surface area (Å²) in [6, 6.07) is 11.7. The number of anilines is 1. The number of aryl methyl sites for hydroxylation is 2. The molecule has 1 N–H and O–H groups in total. The maximum absolute atomic E-state index is 13.7. The molecule has 0 aliphatic heterocycles. The lowest BCUT2D eigenvalue weighted by atomic mass is 10.1. The summed E-state index contributed by atoms with van der Waals surface area (Å²) in [6.07, 6.45) is 3.21. The van der Waals surface area contributed by atoms with Gasteiger partial charge in [0.2, 0.25) is 21.8 Å². The third-order valence-corrected chi connectivity index (χ3v) is 7.31. The molecule has 35 heavy (non-hydrogen) atoms.